The molecule has 1 aromatic rings. The molecule has 5 heteroatoms. The van der Waals surface area contributed by atoms with Crippen molar-refractivity contribution >= 4 is 11.6 Å². The molecule has 0 saturated heterocycles. The smallest absolute Gasteiger partial charge is 0.250 e. The standard InChI is InChI=1S/C15H20N2O3/c1-15(2,3)20-9-8-19-11-14(18)17-13-6-4-12(10-16)5-7-13/h4-7H,8-9,11H2,1-3H3,(H,17,18). The van der Waals surface area contributed by atoms with Gasteiger partial charge in [0.2, 0.25) is 5.91 Å². The lowest BCUT2D eigenvalue weighted by molar-refractivity contribution is -0.121. The second-order valence-corrected chi connectivity index (χ2v) is 5.25. The highest BCUT2D eigenvalue weighted by Gasteiger charge is 2.09. The fourth-order valence-electron chi connectivity index (χ4n) is 1.40. The molecule has 5 nitrogen and oxygen atoms in total. The molecule has 1 aromatic carbocycles. The summed E-state index contributed by atoms with van der Waals surface area (Å²) in [6.07, 6.45) is 0. The van der Waals surface area contributed by atoms with Crippen LogP contribution in [0.5, 0.6) is 0 Å². The monoisotopic (exact) mass is 276 g/mol. The first-order chi connectivity index (χ1) is 9.40. The number of nitrogens with one attached hydrogen (secondary N) is 1. The number of benzene rings is 1. The molecule has 1 amide bonds. The van der Waals surface area contributed by atoms with E-state index < -0.39 is 0 Å². The van der Waals surface area contributed by atoms with Crippen LogP contribution in [0.25, 0.3) is 0 Å². The number of rotatable bonds is 6. The van der Waals surface area contributed by atoms with Gasteiger partial charge >= 0.3 is 0 Å². The normalized spacial score (nSPS) is 10.9. The van der Waals surface area contributed by atoms with E-state index in [9.17, 15) is 4.79 Å². The van der Waals surface area contributed by atoms with Crippen LogP contribution in [0.1, 0.15) is 26.3 Å². The third-order valence-electron chi connectivity index (χ3n) is 2.29. The van der Waals surface area contributed by atoms with E-state index in [0.717, 1.165) is 0 Å². The molecule has 1 rings (SSSR count). The lowest BCUT2D eigenvalue weighted by atomic mass is 10.2. The maximum absolute atomic E-state index is 11.6. The molecule has 0 atom stereocenters. The lowest BCUT2D eigenvalue weighted by Gasteiger charge is -2.19. The predicted molar refractivity (Wildman–Crippen MR) is 76.3 cm³/mol. The Kier molecular flexibility index (Phi) is 6.16. The molecule has 108 valence electrons. The highest BCUT2D eigenvalue weighted by molar-refractivity contribution is 5.91. The number of carbonyl (C=O) groups excluding carboxylic acids is 1. The van der Waals surface area contributed by atoms with Gasteiger partial charge in [0, 0.05) is 5.69 Å². The Morgan fingerprint density at radius 2 is 1.90 bits per heavy atom. The Morgan fingerprint density at radius 3 is 2.45 bits per heavy atom. The largest absolute Gasteiger partial charge is 0.373 e. The maximum atomic E-state index is 11.6. The Labute approximate surface area is 119 Å². The molecule has 0 unspecified atom stereocenters. The van der Waals surface area contributed by atoms with E-state index in [-0.39, 0.29) is 18.1 Å². The van der Waals surface area contributed by atoms with Crippen LogP contribution >= 0.6 is 0 Å². The van der Waals surface area contributed by atoms with Crippen molar-refractivity contribution in [1.29, 1.82) is 5.26 Å². The second-order valence-electron chi connectivity index (χ2n) is 5.25. The fraction of sp³-hybridized carbons (Fsp3) is 0.467. The van der Waals surface area contributed by atoms with Gasteiger partial charge in [0.15, 0.2) is 0 Å². The number of hydrogen-bond donors (Lipinski definition) is 1. The van der Waals surface area contributed by atoms with Gasteiger partial charge in [-0.15, -0.1) is 0 Å². The van der Waals surface area contributed by atoms with Crippen molar-refractivity contribution in [3.8, 4) is 6.07 Å². The summed E-state index contributed by atoms with van der Waals surface area (Å²) in [5.41, 5.74) is 0.996. The first-order valence-electron chi connectivity index (χ1n) is 6.42. The van der Waals surface area contributed by atoms with Crippen molar-refractivity contribution in [3.63, 3.8) is 0 Å². The summed E-state index contributed by atoms with van der Waals surface area (Å²) in [4.78, 5) is 11.6. The van der Waals surface area contributed by atoms with Gasteiger partial charge in [0.25, 0.3) is 0 Å². The molecule has 0 aliphatic heterocycles. The third-order valence-corrected chi connectivity index (χ3v) is 2.29. The first-order valence-corrected chi connectivity index (χ1v) is 6.42. The molecule has 0 radical (unpaired) electrons. The quantitative estimate of drug-likeness (QED) is 0.809. The fourth-order valence-corrected chi connectivity index (χ4v) is 1.40. The van der Waals surface area contributed by atoms with Gasteiger partial charge in [0.1, 0.15) is 6.61 Å². The molecule has 0 aromatic heterocycles. The third kappa shape index (κ3) is 6.88. The van der Waals surface area contributed by atoms with Crippen LogP contribution in [-0.2, 0) is 14.3 Å². The van der Waals surface area contributed by atoms with Gasteiger partial charge in [-0.2, -0.15) is 5.26 Å². The SMILES string of the molecule is CC(C)(C)OCCOCC(=O)Nc1ccc(C#N)cc1. The molecule has 0 aliphatic carbocycles. The van der Waals surface area contributed by atoms with Crippen LogP contribution in [0.15, 0.2) is 24.3 Å². The van der Waals surface area contributed by atoms with Crippen molar-refractivity contribution in [3.05, 3.63) is 29.8 Å². The summed E-state index contributed by atoms with van der Waals surface area (Å²) in [5.74, 6) is -0.231. The number of amides is 1. The highest BCUT2D eigenvalue weighted by atomic mass is 16.5. The summed E-state index contributed by atoms with van der Waals surface area (Å²) >= 11 is 0. The molecule has 0 aliphatic rings. The Morgan fingerprint density at radius 1 is 1.25 bits per heavy atom. The molecule has 0 spiro atoms. The summed E-state index contributed by atoms with van der Waals surface area (Å²) in [5, 5.41) is 11.4. The summed E-state index contributed by atoms with van der Waals surface area (Å²) in [6.45, 7) is 6.69. The second kappa shape index (κ2) is 7.63. The molecular formula is C15H20N2O3. The van der Waals surface area contributed by atoms with Gasteiger partial charge in [-0.3, -0.25) is 4.79 Å². The van der Waals surface area contributed by atoms with Gasteiger partial charge in [-0.05, 0) is 45.0 Å². The zero-order valence-corrected chi connectivity index (χ0v) is 12.1. The van der Waals surface area contributed by atoms with Crippen molar-refractivity contribution in [2.75, 3.05) is 25.1 Å². The minimum Gasteiger partial charge on any atom is -0.373 e. The molecular weight excluding hydrogens is 256 g/mol. The van der Waals surface area contributed by atoms with Gasteiger partial charge in [-0.25, -0.2) is 0 Å². The van der Waals surface area contributed by atoms with Crippen molar-refractivity contribution in [2.24, 2.45) is 0 Å². The average Bonchev–Trinajstić information content (AvgIpc) is 2.38. The molecule has 0 fully saturated rings. The first kappa shape index (κ1) is 16.2. The predicted octanol–water partition coefficient (Wildman–Crippen LogP) is 2.33. The summed E-state index contributed by atoms with van der Waals surface area (Å²) in [7, 11) is 0. The van der Waals surface area contributed by atoms with Crippen LogP contribution in [0.2, 0.25) is 0 Å². The Bertz CT molecular complexity index is 469. The van der Waals surface area contributed by atoms with E-state index in [2.05, 4.69) is 5.32 Å². The van der Waals surface area contributed by atoms with Crippen LogP contribution in [0.3, 0.4) is 0 Å². The van der Waals surface area contributed by atoms with Gasteiger partial charge in [-0.1, -0.05) is 0 Å². The number of hydrogen-bond acceptors (Lipinski definition) is 4. The topological polar surface area (TPSA) is 71.3 Å². The van der Waals surface area contributed by atoms with Crippen LogP contribution in [-0.4, -0.2) is 31.3 Å². The Balaban J connectivity index is 2.22. The zero-order valence-electron chi connectivity index (χ0n) is 12.1. The van der Waals surface area contributed by atoms with Gasteiger partial charge < -0.3 is 14.8 Å². The van der Waals surface area contributed by atoms with Crippen LogP contribution in [0, 0.1) is 11.3 Å². The van der Waals surface area contributed by atoms with E-state index in [0.29, 0.717) is 24.5 Å². The number of nitriles is 1. The molecule has 0 heterocycles. The zero-order chi connectivity index (χ0) is 15.0. The Hall–Kier alpha value is -1.90. The van der Waals surface area contributed by atoms with Crippen LogP contribution in [0.4, 0.5) is 5.69 Å². The van der Waals surface area contributed by atoms with E-state index >= 15 is 0 Å². The van der Waals surface area contributed by atoms with Crippen molar-refractivity contribution in [1.82, 2.24) is 0 Å². The molecule has 0 saturated carbocycles. The van der Waals surface area contributed by atoms with Gasteiger partial charge in [0.05, 0.1) is 30.4 Å². The van der Waals surface area contributed by atoms with E-state index in [1.54, 1.807) is 24.3 Å². The maximum Gasteiger partial charge on any atom is 0.250 e. The summed E-state index contributed by atoms with van der Waals surface area (Å²) < 4.78 is 10.7. The van der Waals surface area contributed by atoms with E-state index in [1.165, 1.54) is 0 Å². The average molecular weight is 276 g/mol. The summed E-state index contributed by atoms with van der Waals surface area (Å²) in [6, 6.07) is 8.67. The van der Waals surface area contributed by atoms with E-state index in [4.69, 9.17) is 14.7 Å². The minimum atomic E-state index is -0.231. The minimum absolute atomic E-state index is 0.0203. The van der Waals surface area contributed by atoms with E-state index in [1.807, 2.05) is 26.8 Å². The van der Waals surface area contributed by atoms with Crippen molar-refractivity contribution < 1.29 is 14.3 Å². The van der Waals surface area contributed by atoms with Crippen molar-refractivity contribution in [2.45, 2.75) is 26.4 Å². The lowest BCUT2D eigenvalue weighted by Crippen LogP contribution is -2.24. The number of nitrogens with zero attached hydrogens (tertiary/aromatic N) is 1. The number of carbonyl (C=O) groups is 1. The number of anilines is 1. The molecule has 0 bridgehead atoms. The number of ether oxygens (including phenoxy) is 2. The molecule has 1 N–H and O–H groups in total. The molecule has 20 heavy (non-hydrogen) atoms. The highest BCUT2D eigenvalue weighted by Crippen LogP contribution is 2.08. The van der Waals surface area contributed by atoms with Crippen LogP contribution < -0.4 is 5.32 Å².